The number of nitrogens with zero attached hydrogens (tertiary/aromatic N) is 2. The van der Waals surface area contributed by atoms with Gasteiger partial charge >= 0.3 is 0 Å². The van der Waals surface area contributed by atoms with Crippen molar-refractivity contribution in [1.29, 1.82) is 5.26 Å². The number of carbonyl (C=O) groups excluding carboxylic acids is 1. The zero-order chi connectivity index (χ0) is 14.5. The Kier molecular flexibility index (Phi) is 4.96. The van der Waals surface area contributed by atoms with E-state index in [4.69, 9.17) is 16.9 Å². The van der Waals surface area contributed by atoms with Crippen LogP contribution in [0.4, 0.5) is 5.69 Å². The summed E-state index contributed by atoms with van der Waals surface area (Å²) in [5.41, 5.74) is 1.67. The van der Waals surface area contributed by atoms with E-state index in [1.54, 1.807) is 12.1 Å². The third-order valence-corrected chi connectivity index (χ3v) is 3.56. The first kappa shape index (κ1) is 14.8. The van der Waals surface area contributed by atoms with Gasteiger partial charge in [0.1, 0.15) is 6.04 Å². The smallest absolute Gasteiger partial charge is 0.238 e. The number of amides is 1. The molecule has 1 unspecified atom stereocenters. The van der Waals surface area contributed by atoms with Crippen LogP contribution in [0, 0.1) is 18.3 Å². The van der Waals surface area contributed by atoms with E-state index < -0.39 is 0 Å². The number of nitrogens with one attached hydrogen (secondary N) is 2. The largest absolute Gasteiger partial charge is 0.325 e. The lowest BCUT2D eigenvalue weighted by atomic mass is 10.2. The number of halogens is 1. The van der Waals surface area contributed by atoms with Gasteiger partial charge < -0.3 is 10.6 Å². The van der Waals surface area contributed by atoms with Crippen LogP contribution in [0.2, 0.25) is 5.02 Å². The van der Waals surface area contributed by atoms with E-state index in [1.165, 1.54) is 0 Å². The molecule has 1 atom stereocenters. The van der Waals surface area contributed by atoms with Gasteiger partial charge in [-0.25, -0.2) is 0 Å². The normalized spacial score (nSPS) is 19.4. The molecule has 1 heterocycles. The van der Waals surface area contributed by atoms with Crippen LogP contribution in [-0.4, -0.2) is 43.0 Å². The minimum Gasteiger partial charge on any atom is -0.325 e. The molecule has 1 saturated heterocycles. The van der Waals surface area contributed by atoms with Gasteiger partial charge in [-0.3, -0.25) is 9.69 Å². The summed E-state index contributed by atoms with van der Waals surface area (Å²) in [5, 5.41) is 15.6. The van der Waals surface area contributed by atoms with Crippen LogP contribution in [0.15, 0.2) is 18.2 Å². The number of carbonyl (C=O) groups is 1. The Morgan fingerprint density at radius 2 is 2.45 bits per heavy atom. The Bertz CT molecular complexity index is 540. The van der Waals surface area contributed by atoms with Crippen molar-refractivity contribution in [3.05, 3.63) is 28.8 Å². The number of nitriles is 1. The molecule has 1 aliphatic rings. The summed E-state index contributed by atoms with van der Waals surface area (Å²) in [6.45, 7) is 4.21. The van der Waals surface area contributed by atoms with Gasteiger partial charge in [-0.05, 0) is 24.6 Å². The molecule has 106 valence electrons. The summed E-state index contributed by atoms with van der Waals surface area (Å²) in [7, 11) is 0. The van der Waals surface area contributed by atoms with Gasteiger partial charge in [0.2, 0.25) is 5.91 Å². The number of piperazine rings is 1. The maximum Gasteiger partial charge on any atom is 0.238 e. The molecule has 0 spiro atoms. The number of hydrogen-bond acceptors (Lipinski definition) is 4. The van der Waals surface area contributed by atoms with Crippen LogP contribution in [-0.2, 0) is 4.79 Å². The predicted octanol–water partition coefficient (Wildman–Crippen LogP) is 1.38. The number of anilines is 1. The maximum atomic E-state index is 12.1. The highest BCUT2D eigenvalue weighted by molar-refractivity contribution is 6.31. The zero-order valence-electron chi connectivity index (χ0n) is 11.3. The van der Waals surface area contributed by atoms with Crippen molar-refractivity contribution in [2.45, 2.75) is 13.0 Å². The molecule has 1 amide bonds. The molecule has 1 aromatic carbocycles. The second-order valence-corrected chi connectivity index (χ2v) is 5.26. The van der Waals surface area contributed by atoms with Crippen LogP contribution in [0.5, 0.6) is 0 Å². The molecule has 20 heavy (non-hydrogen) atoms. The summed E-state index contributed by atoms with van der Waals surface area (Å²) >= 11 is 5.92. The fourth-order valence-corrected chi connectivity index (χ4v) is 2.34. The summed E-state index contributed by atoms with van der Waals surface area (Å²) in [5.74, 6) is -0.127. The van der Waals surface area contributed by atoms with Crippen molar-refractivity contribution in [1.82, 2.24) is 10.2 Å². The monoisotopic (exact) mass is 292 g/mol. The minimum atomic E-state index is -0.255. The van der Waals surface area contributed by atoms with Gasteiger partial charge in [0, 0.05) is 30.3 Å². The van der Waals surface area contributed by atoms with E-state index in [2.05, 4.69) is 16.7 Å². The second-order valence-electron chi connectivity index (χ2n) is 4.83. The Hall–Kier alpha value is -1.61. The summed E-state index contributed by atoms with van der Waals surface area (Å²) in [6.07, 6.45) is 0. The topological polar surface area (TPSA) is 68.2 Å². The van der Waals surface area contributed by atoms with Crippen molar-refractivity contribution in [3.63, 3.8) is 0 Å². The van der Waals surface area contributed by atoms with Crippen LogP contribution in [0.1, 0.15) is 5.56 Å². The molecular formula is C14H17ClN4O. The molecule has 2 rings (SSSR count). The second kappa shape index (κ2) is 6.71. The summed E-state index contributed by atoms with van der Waals surface area (Å²) in [4.78, 5) is 14.0. The standard InChI is InChI=1S/C14H17ClN4O/c1-10-2-3-11(15)6-13(10)18-14(20)9-19-5-4-17-8-12(19)7-16/h2-3,6,12,17H,4-5,8-9H2,1H3,(H,18,20). The van der Waals surface area contributed by atoms with E-state index in [-0.39, 0.29) is 18.5 Å². The lowest BCUT2D eigenvalue weighted by Gasteiger charge is -2.31. The molecule has 1 aliphatic heterocycles. The molecule has 1 fully saturated rings. The summed E-state index contributed by atoms with van der Waals surface area (Å²) in [6, 6.07) is 7.33. The Morgan fingerprint density at radius 3 is 3.20 bits per heavy atom. The molecule has 5 nitrogen and oxygen atoms in total. The van der Waals surface area contributed by atoms with Gasteiger partial charge in [0.15, 0.2) is 0 Å². The van der Waals surface area contributed by atoms with Crippen LogP contribution < -0.4 is 10.6 Å². The lowest BCUT2D eigenvalue weighted by molar-refractivity contribution is -0.117. The molecule has 0 aromatic heterocycles. The minimum absolute atomic E-state index is 0.127. The van der Waals surface area contributed by atoms with E-state index in [1.807, 2.05) is 17.9 Å². The van der Waals surface area contributed by atoms with Gasteiger partial charge in [0.05, 0.1) is 12.6 Å². The van der Waals surface area contributed by atoms with Crippen molar-refractivity contribution in [2.75, 3.05) is 31.5 Å². The quantitative estimate of drug-likeness (QED) is 0.883. The fraction of sp³-hybridized carbons (Fsp3) is 0.429. The molecule has 6 heteroatoms. The van der Waals surface area contributed by atoms with Gasteiger partial charge in [-0.1, -0.05) is 17.7 Å². The van der Waals surface area contributed by atoms with Gasteiger partial charge in [-0.2, -0.15) is 5.26 Å². The average molecular weight is 293 g/mol. The number of rotatable bonds is 3. The molecule has 2 N–H and O–H groups in total. The molecule has 0 saturated carbocycles. The average Bonchev–Trinajstić information content (AvgIpc) is 2.43. The Morgan fingerprint density at radius 1 is 1.65 bits per heavy atom. The van der Waals surface area contributed by atoms with E-state index >= 15 is 0 Å². The molecule has 1 aromatic rings. The zero-order valence-corrected chi connectivity index (χ0v) is 12.1. The van der Waals surface area contributed by atoms with Crippen molar-refractivity contribution >= 4 is 23.2 Å². The Labute approximate surface area is 123 Å². The SMILES string of the molecule is Cc1ccc(Cl)cc1NC(=O)CN1CCNCC1C#N. The number of benzene rings is 1. The highest BCUT2D eigenvalue weighted by Crippen LogP contribution is 2.20. The van der Waals surface area contributed by atoms with Gasteiger partial charge in [-0.15, -0.1) is 0 Å². The third kappa shape index (κ3) is 3.70. The van der Waals surface area contributed by atoms with Gasteiger partial charge in [0.25, 0.3) is 0 Å². The Balaban J connectivity index is 1.98. The number of hydrogen-bond donors (Lipinski definition) is 2. The van der Waals surface area contributed by atoms with E-state index in [9.17, 15) is 4.79 Å². The van der Waals surface area contributed by atoms with Crippen molar-refractivity contribution < 1.29 is 4.79 Å². The number of aryl methyl sites for hydroxylation is 1. The molecule has 0 aliphatic carbocycles. The first-order chi connectivity index (χ1) is 9.60. The molecular weight excluding hydrogens is 276 g/mol. The van der Waals surface area contributed by atoms with Crippen LogP contribution in [0.25, 0.3) is 0 Å². The van der Waals surface area contributed by atoms with Crippen LogP contribution >= 0.6 is 11.6 Å². The first-order valence-electron chi connectivity index (χ1n) is 6.50. The predicted molar refractivity (Wildman–Crippen MR) is 78.7 cm³/mol. The summed E-state index contributed by atoms with van der Waals surface area (Å²) < 4.78 is 0. The molecule has 0 radical (unpaired) electrons. The molecule has 0 bridgehead atoms. The highest BCUT2D eigenvalue weighted by atomic mass is 35.5. The van der Waals surface area contributed by atoms with E-state index in [0.717, 1.165) is 12.1 Å². The highest BCUT2D eigenvalue weighted by Gasteiger charge is 2.23. The van der Waals surface area contributed by atoms with Crippen molar-refractivity contribution in [2.24, 2.45) is 0 Å². The first-order valence-corrected chi connectivity index (χ1v) is 6.88. The van der Waals surface area contributed by atoms with Crippen molar-refractivity contribution in [3.8, 4) is 6.07 Å². The maximum absolute atomic E-state index is 12.1. The van der Waals surface area contributed by atoms with Crippen LogP contribution in [0.3, 0.4) is 0 Å². The van der Waals surface area contributed by atoms with E-state index in [0.29, 0.717) is 23.8 Å². The fourth-order valence-electron chi connectivity index (χ4n) is 2.17. The lowest BCUT2D eigenvalue weighted by Crippen LogP contribution is -2.52. The third-order valence-electron chi connectivity index (χ3n) is 3.32.